The third-order valence-corrected chi connectivity index (χ3v) is 12.0. The first-order chi connectivity index (χ1) is 27.2. The number of para-hydroxylation sites is 1. The van der Waals surface area contributed by atoms with Gasteiger partial charge in [-0.3, -0.25) is 0 Å². The maximum absolute atomic E-state index is 6.47. The van der Waals surface area contributed by atoms with Gasteiger partial charge in [0.05, 0.1) is 0 Å². The SMILES string of the molecule is c1ccc(-c2cccc3c2oc2ccc(-c4ccc(N(c5ccc(-c6ccc7c(c6)sc6ccccc67)cc5)c5ccc6ccccc6c5)cc4)cc23)cc1. The minimum absolute atomic E-state index is 0.897. The standard InChI is InChI=1S/C52H33NOS/c1-2-10-37(11-3-1)44-14-8-15-47-48-32-39(23-30-49(48)54-52(44)47)35-17-24-41(25-18-35)53(43-28-21-34-9-4-5-12-38(34)31-43)42-26-19-36(20-27-42)40-22-29-46-45-13-6-7-16-50(45)55-51(46)33-40/h1-33H. The van der Waals surface area contributed by atoms with Gasteiger partial charge >= 0.3 is 0 Å². The second-order valence-electron chi connectivity index (χ2n) is 14.1. The summed E-state index contributed by atoms with van der Waals surface area (Å²) >= 11 is 1.86. The van der Waals surface area contributed by atoms with Crippen molar-refractivity contribution in [1.82, 2.24) is 0 Å². The second kappa shape index (κ2) is 12.9. The lowest BCUT2D eigenvalue weighted by Gasteiger charge is -2.26. The Balaban J connectivity index is 0.964. The zero-order valence-electron chi connectivity index (χ0n) is 29.8. The molecule has 0 spiro atoms. The third kappa shape index (κ3) is 5.48. The van der Waals surface area contributed by atoms with E-state index in [-0.39, 0.29) is 0 Å². The predicted molar refractivity (Wildman–Crippen MR) is 235 cm³/mol. The summed E-state index contributed by atoms with van der Waals surface area (Å²) in [4.78, 5) is 2.35. The molecular formula is C52H33NOS. The van der Waals surface area contributed by atoms with Crippen molar-refractivity contribution >= 4 is 81.3 Å². The smallest absolute Gasteiger partial charge is 0.143 e. The Bertz CT molecular complexity index is 3190. The average molecular weight is 720 g/mol. The number of hydrogen-bond acceptors (Lipinski definition) is 3. The summed E-state index contributed by atoms with van der Waals surface area (Å²) in [6.45, 7) is 0. The Kier molecular flexibility index (Phi) is 7.39. The molecule has 0 unspecified atom stereocenters. The van der Waals surface area contributed by atoms with Crippen molar-refractivity contribution in [2.75, 3.05) is 4.90 Å². The van der Waals surface area contributed by atoms with Gasteiger partial charge in [-0.25, -0.2) is 0 Å². The van der Waals surface area contributed by atoms with Crippen LogP contribution in [-0.4, -0.2) is 0 Å². The quantitative estimate of drug-likeness (QED) is 0.170. The first kappa shape index (κ1) is 31.6. The van der Waals surface area contributed by atoms with Gasteiger partial charge in [-0.15, -0.1) is 11.3 Å². The molecule has 0 aliphatic rings. The normalized spacial score (nSPS) is 11.6. The number of furan rings is 1. The van der Waals surface area contributed by atoms with Crippen LogP contribution < -0.4 is 4.90 Å². The number of fused-ring (bicyclic) bond motifs is 7. The molecule has 0 radical (unpaired) electrons. The van der Waals surface area contributed by atoms with E-state index in [9.17, 15) is 0 Å². The highest BCUT2D eigenvalue weighted by Gasteiger charge is 2.16. The first-order valence-electron chi connectivity index (χ1n) is 18.7. The van der Waals surface area contributed by atoms with E-state index < -0.39 is 0 Å². The molecule has 11 rings (SSSR count). The molecule has 0 fully saturated rings. The molecule has 0 amide bonds. The summed E-state index contributed by atoms with van der Waals surface area (Å²) in [6.07, 6.45) is 0. The molecule has 0 N–H and O–H groups in total. The molecule has 0 aliphatic carbocycles. The van der Waals surface area contributed by atoms with E-state index in [1.165, 1.54) is 42.1 Å². The molecule has 0 aliphatic heterocycles. The highest BCUT2D eigenvalue weighted by Crippen LogP contribution is 2.41. The molecule has 2 aromatic heterocycles. The van der Waals surface area contributed by atoms with Gasteiger partial charge in [-0.2, -0.15) is 0 Å². The van der Waals surface area contributed by atoms with Crippen LogP contribution in [0.1, 0.15) is 0 Å². The van der Waals surface area contributed by atoms with Crippen molar-refractivity contribution in [3.05, 3.63) is 200 Å². The summed E-state index contributed by atoms with van der Waals surface area (Å²) in [7, 11) is 0. The monoisotopic (exact) mass is 719 g/mol. The van der Waals surface area contributed by atoms with Crippen molar-refractivity contribution in [3.8, 4) is 33.4 Å². The Labute approximate surface area is 322 Å². The summed E-state index contributed by atoms with van der Waals surface area (Å²) in [6, 6.07) is 72.2. The van der Waals surface area contributed by atoms with Gasteiger partial charge in [-0.1, -0.05) is 140 Å². The Morgan fingerprint density at radius 2 is 0.964 bits per heavy atom. The van der Waals surface area contributed by atoms with E-state index in [0.717, 1.165) is 61.3 Å². The van der Waals surface area contributed by atoms with Crippen molar-refractivity contribution in [2.24, 2.45) is 0 Å². The number of benzene rings is 9. The van der Waals surface area contributed by atoms with Gasteiger partial charge in [0.25, 0.3) is 0 Å². The average Bonchev–Trinajstić information content (AvgIpc) is 3.82. The summed E-state index contributed by atoms with van der Waals surface area (Å²) in [5.41, 5.74) is 12.2. The van der Waals surface area contributed by atoms with Gasteiger partial charge in [0.1, 0.15) is 11.2 Å². The number of rotatable bonds is 6. The lowest BCUT2D eigenvalue weighted by atomic mass is 10.00. The fraction of sp³-hybridized carbons (Fsp3) is 0. The van der Waals surface area contributed by atoms with Crippen molar-refractivity contribution < 1.29 is 4.42 Å². The van der Waals surface area contributed by atoms with Gasteiger partial charge in [-0.05, 0) is 99.3 Å². The molecule has 9 aromatic carbocycles. The predicted octanol–water partition coefficient (Wildman–Crippen LogP) is 15.6. The van der Waals surface area contributed by atoms with Crippen LogP contribution in [0.15, 0.2) is 205 Å². The molecule has 0 saturated heterocycles. The largest absolute Gasteiger partial charge is 0.455 e. The van der Waals surface area contributed by atoms with Crippen molar-refractivity contribution in [1.29, 1.82) is 0 Å². The fourth-order valence-electron chi connectivity index (χ4n) is 8.10. The van der Waals surface area contributed by atoms with Crippen LogP contribution >= 0.6 is 11.3 Å². The Morgan fingerprint density at radius 3 is 1.76 bits per heavy atom. The summed E-state index contributed by atoms with van der Waals surface area (Å²) in [5.74, 6) is 0. The highest BCUT2D eigenvalue weighted by atomic mass is 32.1. The Morgan fingerprint density at radius 1 is 0.345 bits per heavy atom. The first-order valence-corrected chi connectivity index (χ1v) is 19.5. The molecule has 0 saturated carbocycles. The third-order valence-electron chi connectivity index (χ3n) is 10.9. The molecule has 11 aromatic rings. The lowest BCUT2D eigenvalue weighted by Crippen LogP contribution is -2.09. The van der Waals surface area contributed by atoms with Crippen LogP contribution in [-0.2, 0) is 0 Å². The lowest BCUT2D eigenvalue weighted by molar-refractivity contribution is 0.670. The molecule has 3 heteroatoms. The number of hydrogen-bond donors (Lipinski definition) is 0. The van der Waals surface area contributed by atoms with Crippen molar-refractivity contribution in [2.45, 2.75) is 0 Å². The fourth-order valence-corrected chi connectivity index (χ4v) is 9.24. The van der Waals surface area contributed by atoms with E-state index in [1.54, 1.807) is 0 Å². The number of thiophene rings is 1. The minimum Gasteiger partial charge on any atom is -0.455 e. The number of anilines is 3. The van der Waals surface area contributed by atoms with Crippen LogP contribution in [0.4, 0.5) is 17.1 Å². The summed E-state index contributed by atoms with van der Waals surface area (Å²) < 4.78 is 9.12. The van der Waals surface area contributed by atoms with Gasteiger partial charge in [0, 0.05) is 53.6 Å². The topological polar surface area (TPSA) is 16.4 Å². The van der Waals surface area contributed by atoms with E-state index >= 15 is 0 Å². The minimum atomic E-state index is 0.897. The van der Waals surface area contributed by atoms with Crippen LogP contribution in [0.5, 0.6) is 0 Å². The molecule has 258 valence electrons. The van der Waals surface area contributed by atoms with Crippen molar-refractivity contribution in [3.63, 3.8) is 0 Å². The van der Waals surface area contributed by atoms with Gasteiger partial charge in [0.15, 0.2) is 0 Å². The second-order valence-corrected chi connectivity index (χ2v) is 15.2. The maximum atomic E-state index is 6.47. The maximum Gasteiger partial charge on any atom is 0.143 e. The van der Waals surface area contributed by atoms with E-state index in [2.05, 4.69) is 199 Å². The zero-order valence-corrected chi connectivity index (χ0v) is 30.6. The molecule has 0 atom stereocenters. The number of nitrogens with zero attached hydrogens (tertiary/aromatic N) is 1. The van der Waals surface area contributed by atoms with E-state index in [1.807, 2.05) is 17.4 Å². The Hall–Kier alpha value is -6.94. The molecule has 0 bridgehead atoms. The zero-order chi connectivity index (χ0) is 36.3. The molecule has 55 heavy (non-hydrogen) atoms. The molecule has 2 heterocycles. The van der Waals surface area contributed by atoms with Gasteiger partial charge in [0.2, 0.25) is 0 Å². The summed E-state index contributed by atoms with van der Waals surface area (Å²) in [5, 5.41) is 7.34. The highest BCUT2D eigenvalue weighted by molar-refractivity contribution is 7.25. The van der Waals surface area contributed by atoms with Crippen LogP contribution in [0, 0.1) is 0 Å². The van der Waals surface area contributed by atoms with E-state index in [4.69, 9.17) is 4.42 Å². The van der Waals surface area contributed by atoms with Crippen LogP contribution in [0.3, 0.4) is 0 Å². The van der Waals surface area contributed by atoms with Crippen LogP contribution in [0.2, 0.25) is 0 Å². The van der Waals surface area contributed by atoms with Crippen LogP contribution in [0.25, 0.3) is 86.3 Å². The molecule has 2 nitrogen and oxygen atoms in total. The van der Waals surface area contributed by atoms with Gasteiger partial charge < -0.3 is 9.32 Å². The van der Waals surface area contributed by atoms with E-state index in [0.29, 0.717) is 0 Å². The molecular weight excluding hydrogens is 687 g/mol.